The number of hydrogen-bond acceptors (Lipinski definition) is 2. The summed E-state index contributed by atoms with van der Waals surface area (Å²) in [5.74, 6) is 0.999. The third-order valence-electron chi connectivity index (χ3n) is 2.96. The molecular formula is C12H18N2. The van der Waals surface area contributed by atoms with Crippen molar-refractivity contribution < 1.29 is 0 Å². The first-order chi connectivity index (χ1) is 6.52. The number of rotatable bonds is 1. The van der Waals surface area contributed by atoms with Crippen LogP contribution in [-0.4, -0.2) is 9.97 Å². The van der Waals surface area contributed by atoms with Gasteiger partial charge in [-0.05, 0) is 30.7 Å². The zero-order chi connectivity index (χ0) is 10.3. The van der Waals surface area contributed by atoms with Crippen LogP contribution in [0.15, 0.2) is 0 Å². The lowest BCUT2D eigenvalue weighted by atomic mass is 9.90. The van der Waals surface area contributed by atoms with Crippen LogP contribution in [0.25, 0.3) is 0 Å². The topological polar surface area (TPSA) is 25.8 Å². The second kappa shape index (κ2) is 3.04. The molecule has 2 nitrogen and oxygen atoms in total. The van der Waals surface area contributed by atoms with Crippen molar-refractivity contribution in [2.45, 2.75) is 47.0 Å². The molecule has 0 bridgehead atoms. The number of hydrogen-bond donors (Lipinski definition) is 0. The van der Waals surface area contributed by atoms with Crippen LogP contribution in [0.3, 0.4) is 0 Å². The first-order valence-electron chi connectivity index (χ1n) is 5.37. The van der Waals surface area contributed by atoms with Crippen molar-refractivity contribution in [2.75, 3.05) is 0 Å². The molecule has 14 heavy (non-hydrogen) atoms. The number of aromatic nitrogens is 2. The van der Waals surface area contributed by atoms with E-state index < -0.39 is 0 Å². The SMILES string of the molecule is CCc1nc(C)c2c(n1)CC(C)(C)C2. The maximum absolute atomic E-state index is 4.62. The molecule has 0 unspecified atom stereocenters. The van der Waals surface area contributed by atoms with Crippen molar-refractivity contribution in [1.29, 1.82) is 0 Å². The van der Waals surface area contributed by atoms with Gasteiger partial charge in [-0.3, -0.25) is 0 Å². The molecule has 0 aromatic carbocycles. The monoisotopic (exact) mass is 190 g/mol. The highest BCUT2D eigenvalue weighted by molar-refractivity contribution is 5.32. The predicted molar refractivity (Wildman–Crippen MR) is 57.3 cm³/mol. The van der Waals surface area contributed by atoms with Gasteiger partial charge in [-0.2, -0.15) is 0 Å². The Bertz CT molecular complexity index is 367. The molecule has 0 saturated carbocycles. The van der Waals surface area contributed by atoms with Gasteiger partial charge in [0, 0.05) is 17.8 Å². The average molecular weight is 190 g/mol. The molecule has 0 aliphatic heterocycles. The smallest absolute Gasteiger partial charge is 0.128 e. The fourth-order valence-corrected chi connectivity index (χ4v) is 2.25. The minimum Gasteiger partial charge on any atom is -0.238 e. The van der Waals surface area contributed by atoms with Crippen LogP contribution in [0, 0.1) is 12.3 Å². The van der Waals surface area contributed by atoms with Crippen LogP contribution in [0.2, 0.25) is 0 Å². The second-order valence-electron chi connectivity index (χ2n) is 5.02. The Labute approximate surface area is 85.8 Å². The summed E-state index contributed by atoms with van der Waals surface area (Å²) in [4.78, 5) is 9.13. The van der Waals surface area contributed by atoms with Gasteiger partial charge in [-0.15, -0.1) is 0 Å². The maximum atomic E-state index is 4.62. The zero-order valence-corrected chi connectivity index (χ0v) is 9.52. The minimum atomic E-state index is 0.383. The van der Waals surface area contributed by atoms with Gasteiger partial charge < -0.3 is 0 Å². The van der Waals surface area contributed by atoms with E-state index in [1.165, 1.54) is 17.0 Å². The molecule has 76 valence electrons. The Kier molecular flexibility index (Phi) is 2.09. The zero-order valence-electron chi connectivity index (χ0n) is 9.52. The molecular weight excluding hydrogens is 172 g/mol. The highest BCUT2D eigenvalue weighted by atomic mass is 14.9. The fraction of sp³-hybridized carbons (Fsp3) is 0.667. The highest BCUT2D eigenvalue weighted by Gasteiger charge is 2.31. The van der Waals surface area contributed by atoms with E-state index >= 15 is 0 Å². The number of aryl methyl sites for hydroxylation is 2. The third kappa shape index (κ3) is 1.54. The first kappa shape index (κ1) is 9.63. The lowest BCUT2D eigenvalue weighted by molar-refractivity contribution is 0.390. The molecule has 0 fully saturated rings. The van der Waals surface area contributed by atoms with Crippen LogP contribution in [0.4, 0.5) is 0 Å². The average Bonchev–Trinajstić information content (AvgIpc) is 2.40. The van der Waals surface area contributed by atoms with Crippen LogP contribution < -0.4 is 0 Å². The van der Waals surface area contributed by atoms with Gasteiger partial charge in [0.05, 0.1) is 0 Å². The van der Waals surface area contributed by atoms with Crippen LogP contribution in [0.1, 0.15) is 43.5 Å². The van der Waals surface area contributed by atoms with Gasteiger partial charge in [-0.25, -0.2) is 9.97 Å². The summed E-state index contributed by atoms with van der Waals surface area (Å²) in [6.45, 7) is 8.84. The maximum Gasteiger partial charge on any atom is 0.128 e. The van der Waals surface area contributed by atoms with Crippen LogP contribution in [-0.2, 0) is 19.3 Å². The Morgan fingerprint density at radius 1 is 1.21 bits per heavy atom. The minimum absolute atomic E-state index is 0.383. The lowest BCUT2D eigenvalue weighted by Crippen LogP contribution is -2.10. The van der Waals surface area contributed by atoms with E-state index in [0.717, 1.165) is 25.1 Å². The predicted octanol–water partition coefficient (Wildman–Crippen LogP) is 2.47. The molecule has 2 heteroatoms. The van der Waals surface area contributed by atoms with E-state index in [1.54, 1.807) is 0 Å². The van der Waals surface area contributed by atoms with Crippen molar-refractivity contribution >= 4 is 0 Å². The molecule has 0 saturated heterocycles. The summed E-state index contributed by atoms with van der Waals surface area (Å²) < 4.78 is 0. The molecule has 2 rings (SSSR count). The molecule has 0 spiro atoms. The largest absolute Gasteiger partial charge is 0.238 e. The number of nitrogens with zero attached hydrogens (tertiary/aromatic N) is 2. The fourth-order valence-electron chi connectivity index (χ4n) is 2.25. The van der Waals surface area contributed by atoms with Crippen molar-refractivity contribution in [2.24, 2.45) is 5.41 Å². The van der Waals surface area contributed by atoms with E-state index in [0.29, 0.717) is 5.41 Å². The molecule has 1 aromatic rings. The molecule has 1 aromatic heterocycles. The van der Waals surface area contributed by atoms with Crippen molar-refractivity contribution in [3.05, 3.63) is 22.8 Å². The normalized spacial score (nSPS) is 18.3. The lowest BCUT2D eigenvalue weighted by Gasteiger charge is -2.14. The molecule has 0 amide bonds. The molecule has 0 N–H and O–H groups in total. The van der Waals surface area contributed by atoms with E-state index in [2.05, 4.69) is 37.7 Å². The van der Waals surface area contributed by atoms with Gasteiger partial charge in [-0.1, -0.05) is 20.8 Å². The Morgan fingerprint density at radius 2 is 1.93 bits per heavy atom. The summed E-state index contributed by atoms with van der Waals surface area (Å²) in [7, 11) is 0. The molecule has 0 radical (unpaired) electrons. The summed E-state index contributed by atoms with van der Waals surface area (Å²) in [5, 5.41) is 0. The van der Waals surface area contributed by atoms with E-state index in [1.807, 2.05) is 0 Å². The quantitative estimate of drug-likeness (QED) is 0.680. The summed E-state index contributed by atoms with van der Waals surface area (Å²) in [5.41, 5.74) is 4.26. The van der Waals surface area contributed by atoms with Gasteiger partial charge >= 0.3 is 0 Å². The Balaban J connectivity index is 2.47. The first-order valence-corrected chi connectivity index (χ1v) is 5.37. The van der Waals surface area contributed by atoms with E-state index in [4.69, 9.17) is 0 Å². The Hall–Kier alpha value is -0.920. The Morgan fingerprint density at radius 3 is 2.57 bits per heavy atom. The summed E-state index contributed by atoms with van der Waals surface area (Å²) in [6.07, 6.45) is 3.19. The highest BCUT2D eigenvalue weighted by Crippen LogP contribution is 2.36. The van der Waals surface area contributed by atoms with E-state index in [-0.39, 0.29) is 0 Å². The summed E-state index contributed by atoms with van der Waals surface area (Å²) >= 11 is 0. The third-order valence-corrected chi connectivity index (χ3v) is 2.96. The van der Waals surface area contributed by atoms with Gasteiger partial charge in [0.1, 0.15) is 5.82 Å². The molecule has 0 atom stereocenters. The van der Waals surface area contributed by atoms with Crippen molar-refractivity contribution in [3.8, 4) is 0 Å². The van der Waals surface area contributed by atoms with Crippen LogP contribution >= 0.6 is 0 Å². The van der Waals surface area contributed by atoms with Gasteiger partial charge in [0.25, 0.3) is 0 Å². The van der Waals surface area contributed by atoms with Crippen molar-refractivity contribution in [1.82, 2.24) is 9.97 Å². The van der Waals surface area contributed by atoms with E-state index in [9.17, 15) is 0 Å². The molecule has 1 heterocycles. The standard InChI is InChI=1S/C12H18N2/c1-5-11-13-8(2)9-6-12(3,4)7-10(9)14-11/h5-7H2,1-4H3. The summed E-state index contributed by atoms with van der Waals surface area (Å²) in [6, 6.07) is 0. The number of fused-ring (bicyclic) bond motifs is 1. The van der Waals surface area contributed by atoms with Gasteiger partial charge in [0.15, 0.2) is 0 Å². The molecule has 1 aliphatic rings. The molecule has 1 aliphatic carbocycles. The van der Waals surface area contributed by atoms with Crippen molar-refractivity contribution in [3.63, 3.8) is 0 Å². The van der Waals surface area contributed by atoms with Gasteiger partial charge in [0.2, 0.25) is 0 Å². The van der Waals surface area contributed by atoms with Crippen LogP contribution in [0.5, 0.6) is 0 Å². The second-order valence-corrected chi connectivity index (χ2v) is 5.02.